The van der Waals surface area contributed by atoms with Crippen LogP contribution in [-0.4, -0.2) is 46.2 Å². The fourth-order valence-corrected chi connectivity index (χ4v) is 3.52. The van der Waals surface area contributed by atoms with Crippen LogP contribution >= 0.6 is 0 Å². The van der Waals surface area contributed by atoms with E-state index >= 15 is 0 Å². The van der Waals surface area contributed by atoms with E-state index in [-0.39, 0.29) is 36.2 Å². The van der Waals surface area contributed by atoms with Crippen LogP contribution in [0.1, 0.15) is 45.9 Å². The molecular formula is C27H34N4O3. The van der Waals surface area contributed by atoms with Crippen molar-refractivity contribution in [3.05, 3.63) is 71.9 Å². The van der Waals surface area contributed by atoms with Gasteiger partial charge in [-0.05, 0) is 43.7 Å². The van der Waals surface area contributed by atoms with Crippen LogP contribution in [0.2, 0.25) is 0 Å². The monoisotopic (exact) mass is 462 g/mol. The van der Waals surface area contributed by atoms with E-state index in [1.54, 1.807) is 16.7 Å². The van der Waals surface area contributed by atoms with E-state index in [0.29, 0.717) is 5.82 Å². The van der Waals surface area contributed by atoms with Crippen LogP contribution in [-0.2, 0) is 21.4 Å². The molecule has 1 N–H and O–H groups in total. The molecule has 1 heterocycles. The highest BCUT2D eigenvalue weighted by Crippen LogP contribution is 2.27. The lowest BCUT2D eigenvalue weighted by Crippen LogP contribution is -2.43. The van der Waals surface area contributed by atoms with Crippen molar-refractivity contribution in [2.75, 3.05) is 19.0 Å². The van der Waals surface area contributed by atoms with Crippen LogP contribution in [0.15, 0.2) is 60.7 Å². The number of hydrogen-bond acceptors (Lipinski definition) is 4. The van der Waals surface area contributed by atoms with E-state index in [4.69, 9.17) is 9.84 Å². The molecule has 3 aromatic rings. The number of ether oxygens (including phenoxy) is 1. The fourth-order valence-electron chi connectivity index (χ4n) is 3.52. The Bertz CT molecular complexity index is 1110. The van der Waals surface area contributed by atoms with Crippen molar-refractivity contribution >= 4 is 17.6 Å². The Balaban J connectivity index is 1.81. The molecular weight excluding hydrogens is 428 g/mol. The van der Waals surface area contributed by atoms with Crippen molar-refractivity contribution in [1.29, 1.82) is 0 Å². The molecule has 1 aromatic heterocycles. The lowest BCUT2D eigenvalue weighted by atomic mass is 9.92. The van der Waals surface area contributed by atoms with Crippen molar-refractivity contribution in [1.82, 2.24) is 14.7 Å². The second-order valence-corrected chi connectivity index (χ2v) is 9.60. The maximum absolute atomic E-state index is 13.1. The summed E-state index contributed by atoms with van der Waals surface area (Å²) in [5.74, 6) is 0.932. The smallest absolute Gasteiger partial charge is 0.245 e. The van der Waals surface area contributed by atoms with Gasteiger partial charge in [-0.25, -0.2) is 4.68 Å². The summed E-state index contributed by atoms with van der Waals surface area (Å²) in [7, 11) is 1.62. The molecule has 0 spiro atoms. The number of aromatic nitrogens is 2. The van der Waals surface area contributed by atoms with Gasteiger partial charge in [-0.3, -0.25) is 9.59 Å². The van der Waals surface area contributed by atoms with E-state index in [0.717, 1.165) is 22.7 Å². The number of hydrogen-bond donors (Lipinski definition) is 1. The molecule has 0 saturated heterocycles. The Morgan fingerprint density at radius 1 is 1.06 bits per heavy atom. The molecule has 2 aromatic carbocycles. The van der Waals surface area contributed by atoms with Crippen LogP contribution in [0.3, 0.4) is 0 Å². The highest BCUT2D eigenvalue weighted by Gasteiger charge is 2.24. The minimum atomic E-state index is -0.273. The third kappa shape index (κ3) is 6.25. The average molecular weight is 463 g/mol. The van der Waals surface area contributed by atoms with E-state index in [2.05, 4.69) is 26.1 Å². The molecule has 0 radical (unpaired) electrons. The van der Waals surface area contributed by atoms with Gasteiger partial charge in [0.15, 0.2) is 0 Å². The summed E-state index contributed by atoms with van der Waals surface area (Å²) in [6.07, 6.45) is 0.254. The van der Waals surface area contributed by atoms with Crippen molar-refractivity contribution in [2.24, 2.45) is 0 Å². The van der Waals surface area contributed by atoms with Crippen LogP contribution < -0.4 is 10.1 Å². The number of amides is 2. The highest BCUT2D eigenvalue weighted by atomic mass is 16.5. The van der Waals surface area contributed by atoms with Crippen molar-refractivity contribution in [3.8, 4) is 11.4 Å². The number of anilines is 1. The predicted molar refractivity (Wildman–Crippen MR) is 134 cm³/mol. The lowest BCUT2D eigenvalue weighted by molar-refractivity contribution is -0.135. The minimum Gasteiger partial charge on any atom is -0.497 e. The standard InChI is InChI=1S/C27H34N4O3/c1-19(2)30(26(33)16-20-10-8-7-9-11-20)18-25(32)28-24-17-23(27(3,4)5)29-31(24)21-12-14-22(34-6)15-13-21/h7-15,17,19H,16,18H2,1-6H3,(H,28,32). The van der Waals surface area contributed by atoms with Gasteiger partial charge in [0.05, 0.1) is 24.9 Å². The van der Waals surface area contributed by atoms with Crippen molar-refractivity contribution in [2.45, 2.75) is 52.5 Å². The Morgan fingerprint density at radius 3 is 2.26 bits per heavy atom. The van der Waals surface area contributed by atoms with E-state index < -0.39 is 0 Å². The van der Waals surface area contributed by atoms with E-state index in [9.17, 15) is 9.59 Å². The molecule has 7 heteroatoms. The first kappa shape index (κ1) is 25.0. The summed E-state index contributed by atoms with van der Waals surface area (Å²) in [5.41, 5.74) is 2.37. The Hall–Kier alpha value is -3.61. The zero-order valence-corrected chi connectivity index (χ0v) is 20.8. The largest absolute Gasteiger partial charge is 0.497 e. The number of benzene rings is 2. The van der Waals surface area contributed by atoms with Gasteiger partial charge < -0.3 is 15.0 Å². The van der Waals surface area contributed by atoms with E-state index in [1.165, 1.54) is 0 Å². The first-order valence-corrected chi connectivity index (χ1v) is 11.5. The van der Waals surface area contributed by atoms with Gasteiger partial charge in [-0.2, -0.15) is 5.10 Å². The highest BCUT2D eigenvalue weighted by molar-refractivity contribution is 5.94. The summed E-state index contributed by atoms with van der Waals surface area (Å²) in [4.78, 5) is 27.6. The number of nitrogens with zero attached hydrogens (tertiary/aromatic N) is 3. The molecule has 180 valence electrons. The number of nitrogens with one attached hydrogen (secondary N) is 1. The summed E-state index contributed by atoms with van der Waals surface area (Å²) < 4.78 is 6.97. The summed E-state index contributed by atoms with van der Waals surface area (Å²) in [6.45, 7) is 10.00. The zero-order chi connectivity index (χ0) is 24.9. The summed E-state index contributed by atoms with van der Waals surface area (Å²) in [6, 6.07) is 18.8. The molecule has 0 aliphatic carbocycles. The zero-order valence-electron chi connectivity index (χ0n) is 20.8. The topological polar surface area (TPSA) is 76.5 Å². The third-order valence-electron chi connectivity index (χ3n) is 5.52. The Morgan fingerprint density at radius 2 is 1.71 bits per heavy atom. The molecule has 0 aliphatic heterocycles. The number of methoxy groups -OCH3 is 1. The lowest BCUT2D eigenvalue weighted by Gasteiger charge is -2.26. The molecule has 0 fully saturated rings. The van der Waals surface area contributed by atoms with Gasteiger partial charge in [0.2, 0.25) is 11.8 Å². The van der Waals surface area contributed by atoms with Gasteiger partial charge in [0, 0.05) is 17.5 Å². The predicted octanol–water partition coefficient (Wildman–Crippen LogP) is 4.60. The molecule has 7 nitrogen and oxygen atoms in total. The Labute approximate surface area is 201 Å². The second kappa shape index (κ2) is 10.5. The maximum atomic E-state index is 13.1. The summed E-state index contributed by atoms with van der Waals surface area (Å²) in [5, 5.41) is 7.72. The average Bonchev–Trinajstić information content (AvgIpc) is 3.22. The fraction of sp³-hybridized carbons (Fsp3) is 0.370. The van der Waals surface area contributed by atoms with Crippen LogP contribution in [0, 0.1) is 0 Å². The minimum absolute atomic E-state index is 0.0397. The third-order valence-corrected chi connectivity index (χ3v) is 5.52. The first-order valence-electron chi connectivity index (χ1n) is 11.5. The van der Waals surface area contributed by atoms with Crippen LogP contribution in [0.25, 0.3) is 5.69 Å². The Kier molecular flexibility index (Phi) is 7.76. The second-order valence-electron chi connectivity index (χ2n) is 9.60. The van der Waals surface area contributed by atoms with Gasteiger partial charge in [0.1, 0.15) is 18.1 Å². The van der Waals surface area contributed by atoms with Crippen LogP contribution in [0.4, 0.5) is 5.82 Å². The van der Waals surface area contributed by atoms with E-state index in [1.807, 2.05) is 74.5 Å². The van der Waals surface area contributed by atoms with Crippen molar-refractivity contribution < 1.29 is 14.3 Å². The normalized spacial score (nSPS) is 11.4. The molecule has 0 aliphatic rings. The molecule has 2 amide bonds. The first-order chi connectivity index (χ1) is 16.1. The van der Waals surface area contributed by atoms with Gasteiger partial charge in [-0.1, -0.05) is 51.1 Å². The molecule has 0 saturated carbocycles. The van der Waals surface area contributed by atoms with Gasteiger partial charge >= 0.3 is 0 Å². The number of rotatable bonds is 8. The van der Waals surface area contributed by atoms with Crippen molar-refractivity contribution in [3.63, 3.8) is 0 Å². The van der Waals surface area contributed by atoms with Gasteiger partial charge in [-0.15, -0.1) is 0 Å². The molecule has 0 atom stereocenters. The molecule has 3 rings (SSSR count). The van der Waals surface area contributed by atoms with Crippen LogP contribution in [0.5, 0.6) is 5.75 Å². The maximum Gasteiger partial charge on any atom is 0.245 e. The number of carbonyl (C=O) groups is 2. The SMILES string of the molecule is COc1ccc(-n2nc(C(C)(C)C)cc2NC(=O)CN(C(=O)Cc2ccccc2)C(C)C)cc1. The number of carbonyl (C=O) groups excluding carboxylic acids is 2. The summed E-state index contributed by atoms with van der Waals surface area (Å²) >= 11 is 0. The molecule has 0 unspecified atom stereocenters. The quantitative estimate of drug-likeness (QED) is 0.531. The molecule has 0 bridgehead atoms. The molecule has 34 heavy (non-hydrogen) atoms. The van der Waals surface area contributed by atoms with Gasteiger partial charge in [0.25, 0.3) is 0 Å².